The second kappa shape index (κ2) is 10.0. The fourth-order valence-electron chi connectivity index (χ4n) is 4.78. The number of imide groups is 1. The van der Waals surface area contributed by atoms with Crippen molar-refractivity contribution in [1.82, 2.24) is 4.98 Å². The fourth-order valence-corrected chi connectivity index (χ4v) is 4.78. The molecule has 2 heterocycles. The third kappa shape index (κ3) is 4.43. The summed E-state index contributed by atoms with van der Waals surface area (Å²) in [4.78, 5) is 57.4. The molecular weight excluding hydrogens is 504 g/mol. The van der Waals surface area contributed by atoms with Gasteiger partial charge in [-0.1, -0.05) is 66.2 Å². The van der Waals surface area contributed by atoms with Gasteiger partial charge < -0.3 is 4.74 Å². The maximum atomic E-state index is 13.2. The van der Waals surface area contributed by atoms with E-state index >= 15 is 0 Å². The molecule has 0 saturated heterocycles. The molecule has 194 valence electrons. The summed E-state index contributed by atoms with van der Waals surface area (Å²) < 4.78 is 5.43. The average molecular weight is 527 g/mol. The second-order valence-electron chi connectivity index (χ2n) is 9.48. The summed E-state index contributed by atoms with van der Waals surface area (Å²) in [5.41, 5.74) is 4.65. The number of ketones is 1. The van der Waals surface area contributed by atoms with Crippen LogP contribution < -0.4 is 4.90 Å². The molecule has 0 unspecified atom stereocenters. The Hall–Kier alpha value is -5.43. The summed E-state index contributed by atoms with van der Waals surface area (Å²) >= 11 is 0. The standard InChI is InChI=1S/C33H22N2O5/c1-20-11-16-28-26(17-20)27(33(39)40-19-30(36)22-7-3-2-4-8-22)18-29(34-28)21-12-14-23(15-13-21)35-31(37)24-9-5-6-10-25(24)32(35)38/h2-18H,19H2,1H3. The maximum absolute atomic E-state index is 13.2. The van der Waals surface area contributed by atoms with Gasteiger partial charge in [0.1, 0.15) is 0 Å². The number of hydrogen-bond acceptors (Lipinski definition) is 6. The number of ether oxygens (including phenoxy) is 1. The molecule has 1 aromatic heterocycles. The van der Waals surface area contributed by atoms with E-state index < -0.39 is 5.97 Å². The molecule has 0 fully saturated rings. The molecular formula is C33H22N2O5. The number of hydrogen-bond donors (Lipinski definition) is 0. The fraction of sp³-hybridized carbons (Fsp3) is 0.0606. The highest BCUT2D eigenvalue weighted by atomic mass is 16.5. The number of aromatic nitrogens is 1. The molecule has 40 heavy (non-hydrogen) atoms. The first-order valence-electron chi connectivity index (χ1n) is 12.7. The number of amides is 2. The number of nitrogens with zero attached hydrogens (tertiary/aromatic N) is 2. The number of fused-ring (bicyclic) bond motifs is 2. The minimum Gasteiger partial charge on any atom is -0.454 e. The number of rotatable bonds is 6. The Morgan fingerprint density at radius 3 is 2.10 bits per heavy atom. The number of Topliss-reactive ketones (excluding diaryl/α,β-unsaturated/α-hetero) is 1. The summed E-state index contributed by atoms with van der Waals surface area (Å²) in [6.45, 7) is 1.53. The molecule has 0 saturated carbocycles. The quantitative estimate of drug-likeness (QED) is 0.152. The highest BCUT2D eigenvalue weighted by molar-refractivity contribution is 6.34. The lowest BCUT2D eigenvalue weighted by molar-refractivity contribution is 0.0476. The zero-order chi connectivity index (χ0) is 27.8. The van der Waals surface area contributed by atoms with Crippen LogP contribution in [0.15, 0.2) is 103 Å². The highest BCUT2D eigenvalue weighted by Crippen LogP contribution is 2.31. The SMILES string of the molecule is Cc1ccc2nc(-c3ccc(N4C(=O)c5ccccc5C4=O)cc3)cc(C(=O)OCC(=O)c3ccccc3)c2c1. The summed E-state index contributed by atoms with van der Waals surface area (Å²) in [5, 5.41) is 0.614. The molecule has 0 spiro atoms. The van der Waals surface area contributed by atoms with Gasteiger partial charge in [0.25, 0.3) is 11.8 Å². The molecule has 2 amide bonds. The molecule has 1 aliphatic rings. The van der Waals surface area contributed by atoms with Gasteiger partial charge in [-0.15, -0.1) is 0 Å². The van der Waals surface area contributed by atoms with E-state index in [-0.39, 0.29) is 29.8 Å². The van der Waals surface area contributed by atoms with Crippen LogP contribution in [0.2, 0.25) is 0 Å². The van der Waals surface area contributed by atoms with Crippen LogP contribution in [0.4, 0.5) is 5.69 Å². The van der Waals surface area contributed by atoms with Crippen LogP contribution >= 0.6 is 0 Å². The second-order valence-corrected chi connectivity index (χ2v) is 9.48. The summed E-state index contributed by atoms with van der Waals surface area (Å²) in [7, 11) is 0. The first-order valence-corrected chi connectivity index (χ1v) is 12.7. The minimum atomic E-state index is -0.633. The molecule has 0 radical (unpaired) electrons. The minimum absolute atomic E-state index is 0.286. The third-order valence-electron chi connectivity index (χ3n) is 6.83. The lowest BCUT2D eigenvalue weighted by atomic mass is 10.0. The molecule has 6 rings (SSSR count). The lowest BCUT2D eigenvalue weighted by Crippen LogP contribution is -2.29. The van der Waals surface area contributed by atoms with Crippen LogP contribution in [0.1, 0.15) is 47.0 Å². The molecule has 0 bridgehead atoms. The monoisotopic (exact) mass is 526 g/mol. The van der Waals surface area contributed by atoms with Crippen molar-refractivity contribution in [3.63, 3.8) is 0 Å². The van der Waals surface area contributed by atoms with E-state index in [1.54, 1.807) is 78.9 Å². The molecule has 0 aliphatic carbocycles. The molecule has 0 N–H and O–H groups in total. The van der Waals surface area contributed by atoms with Crippen molar-refractivity contribution in [3.8, 4) is 11.3 Å². The Bertz CT molecular complexity index is 1790. The van der Waals surface area contributed by atoms with E-state index in [1.807, 2.05) is 31.2 Å². The van der Waals surface area contributed by atoms with E-state index in [1.165, 1.54) is 0 Å². The predicted octanol–water partition coefficient (Wildman–Crippen LogP) is 6.05. The van der Waals surface area contributed by atoms with Gasteiger partial charge in [-0.25, -0.2) is 14.7 Å². The van der Waals surface area contributed by atoms with Crippen LogP contribution in [0.3, 0.4) is 0 Å². The van der Waals surface area contributed by atoms with Gasteiger partial charge in [-0.2, -0.15) is 0 Å². The van der Waals surface area contributed by atoms with Gasteiger partial charge in [0, 0.05) is 16.5 Å². The summed E-state index contributed by atoms with van der Waals surface area (Å²) in [6.07, 6.45) is 0. The third-order valence-corrected chi connectivity index (χ3v) is 6.83. The Morgan fingerprint density at radius 1 is 0.775 bits per heavy atom. The number of pyridine rings is 1. The molecule has 0 atom stereocenters. The zero-order valence-corrected chi connectivity index (χ0v) is 21.5. The molecule has 1 aliphatic heterocycles. The van der Waals surface area contributed by atoms with E-state index in [2.05, 4.69) is 0 Å². The van der Waals surface area contributed by atoms with Gasteiger partial charge in [-0.05, 0) is 49.4 Å². The van der Waals surface area contributed by atoms with Crippen LogP contribution in [0, 0.1) is 6.92 Å². The predicted molar refractivity (Wildman–Crippen MR) is 151 cm³/mol. The van der Waals surface area contributed by atoms with Crippen LogP contribution in [0.25, 0.3) is 22.2 Å². The molecule has 7 nitrogen and oxygen atoms in total. The van der Waals surface area contributed by atoms with Crippen LogP contribution in [0.5, 0.6) is 0 Å². The Morgan fingerprint density at radius 2 is 1.43 bits per heavy atom. The summed E-state index contributed by atoms with van der Waals surface area (Å²) in [6, 6.07) is 29.4. The maximum Gasteiger partial charge on any atom is 0.339 e. The molecule has 4 aromatic carbocycles. The highest BCUT2D eigenvalue weighted by Gasteiger charge is 2.36. The number of benzene rings is 4. The topological polar surface area (TPSA) is 93.6 Å². The first-order chi connectivity index (χ1) is 19.4. The van der Waals surface area contributed by atoms with Gasteiger partial charge >= 0.3 is 5.97 Å². The van der Waals surface area contributed by atoms with Gasteiger partial charge in [0.15, 0.2) is 12.4 Å². The van der Waals surface area contributed by atoms with Crippen LogP contribution in [-0.4, -0.2) is 35.2 Å². The van der Waals surface area contributed by atoms with Gasteiger partial charge in [0.2, 0.25) is 0 Å². The van der Waals surface area contributed by atoms with Crippen molar-refractivity contribution in [1.29, 1.82) is 0 Å². The lowest BCUT2D eigenvalue weighted by Gasteiger charge is -2.15. The number of esters is 1. The average Bonchev–Trinajstić information content (AvgIpc) is 3.25. The largest absolute Gasteiger partial charge is 0.454 e. The Labute approximate surface area is 229 Å². The van der Waals surface area contributed by atoms with E-state index in [0.717, 1.165) is 10.5 Å². The Balaban J connectivity index is 1.31. The first kappa shape index (κ1) is 24.9. The van der Waals surface area contributed by atoms with E-state index in [0.29, 0.717) is 44.5 Å². The Kier molecular flexibility index (Phi) is 6.24. The van der Waals surface area contributed by atoms with Crippen molar-refractivity contribution in [3.05, 3.63) is 131 Å². The molecule has 7 heteroatoms. The van der Waals surface area contributed by atoms with E-state index in [9.17, 15) is 19.2 Å². The summed E-state index contributed by atoms with van der Waals surface area (Å²) in [5.74, 6) is -1.68. The van der Waals surface area contributed by atoms with Crippen molar-refractivity contribution >= 4 is 40.2 Å². The van der Waals surface area contributed by atoms with Crippen molar-refractivity contribution in [2.45, 2.75) is 6.92 Å². The van der Waals surface area contributed by atoms with Crippen molar-refractivity contribution < 1.29 is 23.9 Å². The number of carbonyl (C=O) groups is 4. The van der Waals surface area contributed by atoms with Crippen LogP contribution in [-0.2, 0) is 4.74 Å². The van der Waals surface area contributed by atoms with E-state index in [4.69, 9.17) is 9.72 Å². The zero-order valence-electron chi connectivity index (χ0n) is 21.5. The number of anilines is 1. The van der Waals surface area contributed by atoms with Gasteiger partial charge in [0.05, 0.1) is 33.6 Å². The van der Waals surface area contributed by atoms with Crippen molar-refractivity contribution in [2.24, 2.45) is 0 Å². The number of carbonyl (C=O) groups excluding carboxylic acids is 4. The van der Waals surface area contributed by atoms with Crippen molar-refractivity contribution in [2.75, 3.05) is 11.5 Å². The number of aryl methyl sites for hydroxylation is 1. The normalized spacial score (nSPS) is 12.5. The smallest absolute Gasteiger partial charge is 0.339 e. The molecule has 5 aromatic rings. The van der Waals surface area contributed by atoms with Gasteiger partial charge in [-0.3, -0.25) is 14.4 Å².